The van der Waals surface area contributed by atoms with Crippen LogP contribution in [0.2, 0.25) is 0 Å². The van der Waals surface area contributed by atoms with Crippen molar-refractivity contribution in [3.05, 3.63) is 70.9 Å². The van der Waals surface area contributed by atoms with Gasteiger partial charge in [-0.25, -0.2) is 4.98 Å². The fourth-order valence-electron chi connectivity index (χ4n) is 4.27. The van der Waals surface area contributed by atoms with Crippen molar-refractivity contribution in [2.45, 2.75) is 45.6 Å². The molecule has 1 aliphatic carbocycles. The third-order valence-corrected chi connectivity index (χ3v) is 6.28. The van der Waals surface area contributed by atoms with Crippen LogP contribution in [0.25, 0.3) is 22.6 Å². The van der Waals surface area contributed by atoms with Gasteiger partial charge in [0, 0.05) is 24.4 Å². The van der Waals surface area contributed by atoms with Crippen molar-refractivity contribution in [2.24, 2.45) is 0 Å². The zero-order valence-corrected chi connectivity index (χ0v) is 20.0. The average Bonchev–Trinajstić information content (AvgIpc) is 3.24. The lowest BCUT2D eigenvalue weighted by Crippen LogP contribution is -2.35. The second kappa shape index (κ2) is 10.5. The summed E-state index contributed by atoms with van der Waals surface area (Å²) in [5, 5.41) is 6.74. The molecule has 0 spiro atoms. The standard InChI is InChI=1S/C28H31N3O3/c1-4-18(2)30-25(32)15-16-29-28(33)26-22-7-5-6-8-24(22)31-27-20(11-14-23(26)27)17-19-9-12-21(34-3)13-10-19/h5-10,12-13,17-18H,4,11,14-16H2,1-3H3,(H,29,33)(H,30,32)/b20-17-. The van der Waals surface area contributed by atoms with Crippen molar-refractivity contribution < 1.29 is 14.3 Å². The highest BCUT2D eigenvalue weighted by Gasteiger charge is 2.26. The van der Waals surface area contributed by atoms with Crippen LogP contribution in [0.15, 0.2) is 48.5 Å². The van der Waals surface area contributed by atoms with Crippen molar-refractivity contribution in [3.63, 3.8) is 0 Å². The molecule has 2 amide bonds. The molecule has 176 valence electrons. The van der Waals surface area contributed by atoms with Crippen molar-refractivity contribution >= 4 is 34.4 Å². The van der Waals surface area contributed by atoms with Gasteiger partial charge < -0.3 is 15.4 Å². The minimum atomic E-state index is -0.156. The maximum atomic E-state index is 13.3. The van der Waals surface area contributed by atoms with Gasteiger partial charge >= 0.3 is 0 Å². The summed E-state index contributed by atoms with van der Waals surface area (Å²) in [5.41, 5.74) is 5.50. The molecule has 4 rings (SSSR count). The predicted octanol–water partition coefficient (Wildman–Crippen LogP) is 4.76. The van der Waals surface area contributed by atoms with E-state index in [1.807, 2.05) is 62.4 Å². The first-order valence-electron chi connectivity index (χ1n) is 11.8. The number of methoxy groups -OCH3 is 1. The Bertz CT molecular complexity index is 1230. The zero-order valence-electron chi connectivity index (χ0n) is 20.0. The second-order valence-electron chi connectivity index (χ2n) is 8.66. The van der Waals surface area contributed by atoms with Crippen molar-refractivity contribution in [1.82, 2.24) is 15.6 Å². The Morgan fingerprint density at radius 2 is 1.88 bits per heavy atom. The first-order chi connectivity index (χ1) is 16.5. The molecule has 0 saturated carbocycles. The number of rotatable bonds is 8. The number of carbonyl (C=O) groups excluding carboxylic acids is 2. The van der Waals surface area contributed by atoms with Crippen molar-refractivity contribution in [3.8, 4) is 5.75 Å². The van der Waals surface area contributed by atoms with Crippen molar-refractivity contribution in [2.75, 3.05) is 13.7 Å². The van der Waals surface area contributed by atoms with E-state index in [0.717, 1.165) is 58.3 Å². The third-order valence-electron chi connectivity index (χ3n) is 6.28. The van der Waals surface area contributed by atoms with E-state index in [2.05, 4.69) is 16.7 Å². The summed E-state index contributed by atoms with van der Waals surface area (Å²) in [6.45, 7) is 4.29. The SMILES string of the molecule is CCC(C)NC(=O)CCNC(=O)c1c2c(nc3ccccc13)/C(=C\c1ccc(OC)cc1)CC2. The molecule has 6 heteroatoms. The lowest BCUT2D eigenvalue weighted by Gasteiger charge is -2.14. The summed E-state index contributed by atoms with van der Waals surface area (Å²) < 4.78 is 5.25. The van der Waals surface area contributed by atoms with E-state index in [0.29, 0.717) is 12.1 Å². The number of nitrogens with one attached hydrogen (secondary N) is 2. The fourth-order valence-corrected chi connectivity index (χ4v) is 4.27. The molecule has 0 fully saturated rings. The number of carbonyl (C=O) groups is 2. The van der Waals surface area contributed by atoms with Gasteiger partial charge in [-0.05, 0) is 67.2 Å². The molecule has 0 saturated heterocycles. The van der Waals surface area contributed by atoms with Crippen LogP contribution in [-0.2, 0) is 11.2 Å². The lowest BCUT2D eigenvalue weighted by molar-refractivity contribution is -0.121. The van der Waals surface area contributed by atoms with Gasteiger partial charge in [0.05, 0.1) is 23.9 Å². The van der Waals surface area contributed by atoms with Crippen LogP contribution in [-0.4, -0.2) is 36.5 Å². The number of aromatic nitrogens is 1. The van der Waals surface area contributed by atoms with Crippen LogP contribution in [0.3, 0.4) is 0 Å². The molecule has 1 aromatic heterocycles. The minimum Gasteiger partial charge on any atom is -0.497 e. The smallest absolute Gasteiger partial charge is 0.252 e. The number of hydrogen-bond acceptors (Lipinski definition) is 4. The van der Waals surface area contributed by atoms with E-state index in [1.165, 1.54) is 0 Å². The van der Waals surface area contributed by atoms with Gasteiger partial charge in [-0.15, -0.1) is 0 Å². The second-order valence-corrected chi connectivity index (χ2v) is 8.66. The molecular formula is C28H31N3O3. The number of pyridine rings is 1. The molecule has 2 N–H and O–H groups in total. The number of para-hydroxylation sites is 1. The van der Waals surface area contributed by atoms with Crippen LogP contribution in [0, 0.1) is 0 Å². The Morgan fingerprint density at radius 3 is 2.62 bits per heavy atom. The summed E-state index contributed by atoms with van der Waals surface area (Å²) in [5.74, 6) is 0.607. The molecule has 2 aromatic carbocycles. The first-order valence-corrected chi connectivity index (χ1v) is 11.8. The number of amides is 2. The topological polar surface area (TPSA) is 80.3 Å². The minimum absolute atomic E-state index is 0.0517. The number of allylic oxidation sites excluding steroid dienone is 1. The summed E-state index contributed by atoms with van der Waals surface area (Å²) >= 11 is 0. The Hall–Kier alpha value is -3.67. The monoisotopic (exact) mass is 457 g/mol. The maximum Gasteiger partial charge on any atom is 0.252 e. The van der Waals surface area contributed by atoms with Crippen LogP contribution in [0.4, 0.5) is 0 Å². The third kappa shape index (κ3) is 5.11. The summed E-state index contributed by atoms with van der Waals surface area (Å²) in [6.07, 6.45) is 4.84. The van der Waals surface area contributed by atoms with Crippen LogP contribution >= 0.6 is 0 Å². The van der Waals surface area contributed by atoms with Crippen LogP contribution < -0.4 is 15.4 Å². The van der Waals surface area contributed by atoms with E-state index < -0.39 is 0 Å². The first kappa shape index (κ1) is 23.5. The van der Waals surface area contributed by atoms with E-state index in [4.69, 9.17) is 9.72 Å². The summed E-state index contributed by atoms with van der Waals surface area (Å²) in [6, 6.07) is 15.8. The molecular weight excluding hydrogens is 426 g/mol. The normalized spacial score (nSPS) is 14.6. The van der Waals surface area contributed by atoms with Gasteiger partial charge in [0.25, 0.3) is 5.91 Å². The van der Waals surface area contributed by atoms with Gasteiger partial charge in [-0.3, -0.25) is 9.59 Å². The van der Waals surface area contributed by atoms with Crippen molar-refractivity contribution in [1.29, 1.82) is 0 Å². The van der Waals surface area contributed by atoms with Gasteiger partial charge in [-0.2, -0.15) is 0 Å². The fraction of sp³-hybridized carbons (Fsp3) is 0.321. The number of benzene rings is 2. The average molecular weight is 458 g/mol. The highest BCUT2D eigenvalue weighted by Crippen LogP contribution is 2.37. The molecule has 3 aromatic rings. The number of nitrogens with zero attached hydrogens (tertiary/aromatic N) is 1. The van der Waals surface area contributed by atoms with E-state index >= 15 is 0 Å². The number of fused-ring (bicyclic) bond motifs is 2. The van der Waals surface area contributed by atoms with Gasteiger partial charge in [0.2, 0.25) is 5.91 Å². The molecule has 1 heterocycles. The highest BCUT2D eigenvalue weighted by atomic mass is 16.5. The van der Waals surface area contributed by atoms with Crippen LogP contribution in [0.5, 0.6) is 5.75 Å². The van der Waals surface area contributed by atoms with Gasteiger partial charge in [-0.1, -0.05) is 37.3 Å². The zero-order chi connectivity index (χ0) is 24.1. The van der Waals surface area contributed by atoms with E-state index in [1.54, 1.807) is 7.11 Å². The Labute approximate surface area is 200 Å². The van der Waals surface area contributed by atoms with Gasteiger partial charge in [0.15, 0.2) is 0 Å². The van der Waals surface area contributed by atoms with E-state index in [-0.39, 0.29) is 24.3 Å². The Kier molecular flexibility index (Phi) is 7.26. The largest absolute Gasteiger partial charge is 0.497 e. The number of ether oxygens (including phenoxy) is 1. The number of hydrogen-bond donors (Lipinski definition) is 2. The molecule has 0 aliphatic heterocycles. The van der Waals surface area contributed by atoms with Gasteiger partial charge in [0.1, 0.15) is 5.75 Å². The summed E-state index contributed by atoms with van der Waals surface area (Å²) in [7, 11) is 1.65. The molecule has 34 heavy (non-hydrogen) atoms. The Morgan fingerprint density at radius 1 is 1.12 bits per heavy atom. The highest BCUT2D eigenvalue weighted by molar-refractivity contribution is 6.09. The predicted molar refractivity (Wildman–Crippen MR) is 136 cm³/mol. The molecule has 6 nitrogen and oxygen atoms in total. The molecule has 0 radical (unpaired) electrons. The van der Waals surface area contributed by atoms with E-state index in [9.17, 15) is 9.59 Å². The Balaban J connectivity index is 1.61. The quantitative estimate of drug-likeness (QED) is 0.511. The molecule has 0 bridgehead atoms. The lowest BCUT2D eigenvalue weighted by atomic mass is 10.00. The van der Waals surface area contributed by atoms with Crippen LogP contribution in [0.1, 0.15) is 60.3 Å². The summed E-state index contributed by atoms with van der Waals surface area (Å²) in [4.78, 5) is 30.3. The molecule has 1 atom stereocenters. The molecule has 1 unspecified atom stereocenters. The maximum absolute atomic E-state index is 13.3. The molecule has 1 aliphatic rings.